The number of hydrogen-bond donors (Lipinski definition) is 1. The Morgan fingerprint density at radius 2 is 2.32 bits per heavy atom. The van der Waals surface area contributed by atoms with Crippen LogP contribution in [0, 0.1) is 5.92 Å². The zero-order valence-corrected chi connectivity index (χ0v) is 15.4. The summed E-state index contributed by atoms with van der Waals surface area (Å²) in [5.41, 5.74) is 0.943. The molecule has 0 radical (unpaired) electrons. The van der Waals surface area contributed by atoms with Gasteiger partial charge in [0.25, 0.3) is 0 Å². The van der Waals surface area contributed by atoms with Crippen LogP contribution in [0.3, 0.4) is 0 Å². The standard InChI is InChI=1S/C18H25N3O3S/c1-13-4-2-3-5-15(13)23-10-9-19-16(22)6-7-17-20-18(21-24-17)14-8-11-25-12-14/h8,11-13,15H,2-7,9-10H2,1H3,(H,19,22). The van der Waals surface area contributed by atoms with Crippen LogP contribution in [-0.2, 0) is 16.0 Å². The number of aryl methyl sites for hydroxylation is 1. The number of nitrogens with zero attached hydrogens (tertiary/aromatic N) is 2. The topological polar surface area (TPSA) is 77.2 Å². The van der Waals surface area contributed by atoms with Crippen LogP contribution < -0.4 is 5.32 Å². The van der Waals surface area contributed by atoms with Gasteiger partial charge in [-0.3, -0.25) is 4.79 Å². The average Bonchev–Trinajstić information content (AvgIpc) is 3.29. The van der Waals surface area contributed by atoms with E-state index in [0.717, 1.165) is 12.0 Å². The summed E-state index contributed by atoms with van der Waals surface area (Å²) in [6.07, 6.45) is 6.07. The fourth-order valence-corrected chi connectivity index (χ4v) is 3.74. The summed E-state index contributed by atoms with van der Waals surface area (Å²) in [5.74, 6) is 1.67. The van der Waals surface area contributed by atoms with E-state index in [2.05, 4.69) is 22.4 Å². The molecule has 1 fully saturated rings. The third-order valence-corrected chi connectivity index (χ3v) is 5.29. The van der Waals surface area contributed by atoms with Gasteiger partial charge >= 0.3 is 0 Å². The van der Waals surface area contributed by atoms with Crippen molar-refractivity contribution in [3.05, 3.63) is 22.7 Å². The second kappa shape index (κ2) is 9.10. The minimum absolute atomic E-state index is 0.0180. The monoisotopic (exact) mass is 363 g/mol. The molecule has 3 rings (SSSR count). The Labute approximate surface area is 152 Å². The van der Waals surface area contributed by atoms with E-state index in [1.807, 2.05) is 16.8 Å². The van der Waals surface area contributed by atoms with Crippen molar-refractivity contribution >= 4 is 17.2 Å². The van der Waals surface area contributed by atoms with Crippen molar-refractivity contribution in [2.24, 2.45) is 5.92 Å². The van der Waals surface area contributed by atoms with Gasteiger partial charge in [0, 0.05) is 30.3 Å². The van der Waals surface area contributed by atoms with Gasteiger partial charge in [-0.2, -0.15) is 16.3 Å². The van der Waals surface area contributed by atoms with E-state index in [-0.39, 0.29) is 5.91 Å². The predicted octanol–water partition coefficient (Wildman–Crippen LogP) is 3.44. The molecule has 1 amide bonds. The minimum Gasteiger partial charge on any atom is -0.376 e. The van der Waals surface area contributed by atoms with Crippen LogP contribution in [-0.4, -0.2) is 35.3 Å². The molecule has 2 heterocycles. The zero-order valence-electron chi connectivity index (χ0n) is 14.6. The highest BCUT2D eigenvalue weighted by Crippen LogP contribution is 2.26. The molecule has 2 aromatic heterocycles. The summed E-state index contributed by atoms with van der Waals surface area (Å²) in [4.78, 5) is 16.2. The fourth-order valence-electron chi connectivity index (χ4n) is 3.10. The van der Waals surface area contributed by atoms with Gasteiger partial charge in [0.05, 0.1) is 12.7 Å². The lowest BCUT2D eigenvalue weighted by Gasteiger charge is -2.28. The maximum atomic E-state index is 11.9. The second-order valence-corrected chi connectivity index (χ2v) is 7.32. The maximum absolute atomic E-state index is 11.9. The molecule has 0 saturated heterocycles. The molecule has 136 valence electrons. The number of thiophene rings is 1. The third kappa shape index (κ3) is 5.37. The largest absolute Gasteiger partial charge is 0.376 e. The van der Waals surface area contributed by atoms with Gasteiger partial charge in [-0.25, -0.2) is 0 Å². The van der Waals surface area contributed by atoms with E-state index in [1.165, 1.54) is 19.3 Å². The molecule has 0 bridgehead atoms. The van der Waals surface area contributed by atoms with E-state index in [9.17, 15) is 4.79 Å². The Bertz CT molecular complexity index is 656. The lowest BCUT2D eigenvalue weighted by molar-refractivity contribution is -0.121. The van der Waals surface area contributed by atoms with Crippen molar-refractivity contribution in [1.82, 2.24) is 15.5 Å². The molecule has 0 aromatic carbocycles. The minimum atomic E-state index is -0.0180. The molecule has 1 aliphatic carbocycles. The molecule has 0 aliphatic heterocycles. The van der Waals surface area contributed by atoms with Gasteiger partial charge in [0.1, 0.15) is 0 Å². The van der Waals surface area contributed by atoms with Crippen LogP contribution in [0.25, 0.3) is 11.4 Å². The first kappa shape index (κ1) is 18.1. The van der Waals surface area contributed by atoms with E-state index in [1.54, 1.807) is 11.3 Å². The lowest BCUT2D eigenvalue weighted by Crippen LogP contribution is -2.31. The van der Waals surface area contributed by atoms with Crippen LogP contribution in [0.4, 0.5) is 0 Å². The van der Waals surface area contributed by atoms with E-state index >= 15 is 0 Å². The van der Waals surface area contributed by atoms with Gasteiger partial charge < -0.3 is 14.6 Å². The number of amides is 1. The number of aromatic nitrogens is 2. The first-order chi connectivity index (χ1) is 12.2. The Kier molecular flexibility index (Phi) is 6.58. The highest BCUT2D eigenvalue weighted by Gasteiger charge is 2.21. The van der Waals surface area contributed by atoms with E-state index in [4.69, 9.17) is 9.26 Å². The molecule has 1 N–H and O–H groups in total. The van der Waals surface area contributed by atoms with E-state index < -0.39 is 0 Å². The Hall–Kier alpha value is -1.73. The van der Waals surface area contributed by atoms with Crippen LogP contribution in [0.15, 0.2) is 21.3 Å². The highest BCUT2D eigenvalue weighted by atomic mass is 32.1. The number of carbonyl (C=O) groups is 1. The molecular weight excluding hydrogens is 338 g/mol. The second-order valence-electron chi connectivity index (χ2n) is 6.54. The first-order valence-corrected chi connectivity index (χ1v) is 9.90. The molecule has 2 unspecified atom stereocenters. The number of hydrogen-bond acceptors (Lipinski definition) is 6. The van der Waals surface area contributed by atoms with Crippen molar-refractivity contribution in [1.29, 1.82) is 0 Å². The third-order valence-electron chi connectivity index (χ3n) is 4.60. The maximum Gasteiger partial charge on any atom is 0.227 e. The van der Waals surface area contributed by atoms with Gasteiger partial charge in [-0.05, 0) is 30.2 Å². The average molecular weight is 363 g/mol. The molecule has 7 heteroatoms. The molecule has 1 aliphatic rings. The molecular formula is C18H25N3O3S. The summed E-state index contributed by atoms with van der Waals surface area (Å²) in [7, 11) is 0. The molecule has 1 saturated carbocycles. The van der Waals surface area contributed by atoms with Crippen molar-refractivity contribution in [2.75, 3.05) is 13.2 Å². The molecule has 2 atom stereocenters. The first-order valence-electron chi connectivity index (χ1n) is 8.96. The van der Waals surface area contributed by atoms with Gasteiger partial charge in [-0.15, -0.1) is 0 Å². The van der Waals surface area contributed by atoms with E-state index in [0.29, 0.717) is 49.7 Å². The summed E-state index contributed by atoms with van der Waals surface area (Å²) in [5, 5.41) is 10.8. The molecule has 2 aromatic rings. The summed E-state index contributed by atoms with van der Waals surface area (Å²) in [6, 6.07) is 1.94. The number of carbonyl (C=O) groups excluding carboxylic acids is 1. The quantitative estimate of drug-likeness (QED) is 0.727. The van der Waals surface area contributed by atoms with Crippen molar-refractivity contribution in [3.63, 3.8) is 0 Å². The van der Waals surface area contributed by atoms with Crippen LogP contribution in [0.1, 0.15) is 44.9 Å². The Balaban J connectivity index is 1.32. The fraction of sp³-hybridized carbons (Fsp3) is 0.611. The summed E-state index contributed by atoms with van der Waals surface area (Å²) >= 11 is 1.59. The summed E-state index contributed by atoms with van der Waals surface area (Å²) < 4.78 is 11.1. The molecule has 25 heavy (non-hydrogen) atoms. The highest BCUT2D eigenvalue weighted by molar-refractivity contribution is 7.08. The predicted molar refractivity (Wildman–Crippen MR) is 96.3 cm³/mol. The Morgan fingerprint density at radius 1 is 1.44 bits per heavy atom. The molecule has 0 spiro atoms. The van der Waals surface area contributed by atoms with Gasteiger partial charge in [-0.1, -0.05) is 24.9 Å². The number of nitrogens with one attached hydrogen (secondary N) is 1. The lowest BCUT2D eigenvalue weighted by atomic mass is 9.88. The normalized spacial score (nSPS) is 20.5. The zero-order chi connectivity index (χ0) is 17.5. The van der Waals surface area contributed by atoms with Crippen LogP contribution >= 0.6 is 11.3 Å². The smallest absolute Gasteiger partial charge is 0.227 e. The van der Waals surface area contributed by atoms with Crippen molar-refractivity contribution in [3.8, 4) is 11.4 Å². The van der Waals surface area contributed by atoms with Crippen LogP contribution in [0.5, 0.6) is 0 Å². The SMILES string of the molecule is CC1CCCCC1OCCNC(=O)CCc1nc(-c2ccsc2)no1. The van der Waals surface area contributed by atoms with Crippen LogP contribution in [0.2, 0.25) is 0 Å². The number of rotatable bonds is 8. The summed E-state index contributed by atoms with van der Waals surface area (Å²) in [6.45, 7) is 3.37. The number of ether oxygens (including phenoxy) is 1. The van der Waals surface area contributed by atoms with Gasteiger partial charge in [0.2, 0.25) is 17.6 Å². The Morgan fingerprint density at radius 3 is 3.12 bits per heavy atom. The van der Waals surface area contributed by atoms with Crippen molar-refractivity contribution in [2.45, 2.75) is 51.6 Å². The van der Waals surface area contributed by atoms with Crippen molar-refractivity contribution < 1.29 is 14.1 Å². The molecule has 6 nitrogen and oxygen atoms in total. The van der Waals surface area contributed by atoms with Gasteiger partial charge in [0.15, 0.2) is 0 Å².